The van der Waals surface area contributed by atoms with E-state index in [9.17, 15) is 9.59 Å². The smallest absolute Gasteiger partial charge is 0.319 e. The van der Waals surface area contributed by atoms with Gasteiger partial charge in [-0.25, -0.2) is 14.3 Å². The summed E-state index contributed by atoms with van der Waals surface area (Å²) in [5.41, 5.74) is 0.835. The maximum atomic E-state index is 12.6. The summed E-state index contributed by atoms with van der Waals surface area (Å²) in [6.07, 6.45) is 1.55. The number of para-hydroxylation sites is 1. The van der Waals surface area contributed by atoms with Crippen molar-refractivity contribution in [3.05, 3.63) is 57.5 Å². The normalized spacial score (nSPS) is 11.1. The average molecular weight is 270 g/mol. The first-order chi connectivity index (χ1) is 9.65. The summed E-state index contributed by atoms with van der Waals surface area (Å²) in [4.78, 5) is 28.9. The van der Waals surface area contributed by atoms with Crippen molar-refractivity contribution in [3.8, 4) is 5.69 Å². The van der Waals surface area contributed by atoms with Crippen molar-refractivity contribution in [2.75, 3.05) is 0 Å². The molecule has 6 heteroatoms. The van der Waals surface area contributed by atoms with Crippen LogP contribution in [0, 0.1) is 0 Å². The molecule has 0 saturated heterocycles. The number of fused-ring (bicyclic) bond motifs is 1. The molecule has 1 aromatic carbocycles. The van der Waals surface area contributed by atoms with Crippen LogP contribution in [-0.2, 0) is 13.6 Å². The lowest BCUT2D eigenvalue weighted by molar-refractivity contribution is 0.656. The van der Waals surface area contributed by atoms with Gasteiger partial charge in [-0.15, -0.1) is 0 Å². The lowest BCUT2D eigenvalue weighted by atomic mass is 10.3. The number of hydrogen-bond acceptors (Lipinski definition) is 3. The summed E-state index contributed by atoms with van der Waals surface area (Å²) in [5, 5.41) is 0. The molecule has 0 amide bonds. The van der Waals surface area contributed by atoms with Crippen molar-refractivity contribution in [1.82, 2.24) is 18.7 Å². The van der Waals surface area contributed by atoms with E-state index in [0.717, 1.165) is 0 Å². The maximum Gasteiger partial charge on any atom is 0.337 e. The molecule has 0 bridgehead atoms. The van der Waals surface area contributed by atoms with Gasteiger partial charge in [0.2, 0.25) is 0 Å². The fourth-order valence-electron chi connectivity index (χ4n) is 2.35. The molecule has 6 nitrogen and oxygen atoms in total. The predicted octanol–water partition coefficient (Wildman–Crippen LogP) is 0.906. The first-order valence-electron chi connectivity index (χ1n) is 6.37. The Kier molecular flexibility index (Phi) is 2.78. The van der Waals surface area contributed by atoms with Gasteiger partial charge < -0.3 is 4.57 Å². The SMILES string of the molecule is CCn1c(=O)c2ncn(C)c2n(-c2ccccc2)c1=O. The lowest BCUT2D eigenvalue weighted by Gasteiger charge is -2.11. The number of hydrogen-bond donors (Lipinski definition) is 0. The maximum absolute atomic E-state index is 12.6. The third-order valence-corrected chi connectivity index (χ3v) is 3.32. The fourth-order valence-corrected chi connectivity index (χ4v) is 2.35. The second kappa shape index (κ2) is 4.48. The zero-order valence-corrected chi connectivity index (χ0v) is 11.3. The summed E-state index contributed by atoms with van der Waals surface area (Å²) in [7, 11) is 1.77. The van der Waals surface area contributed by atoms with Gasteiger partial charge in [0.15, 0.2) is 11.2 Å². The van der Waals surface area contributed by atoms with Gasteiger partial charge in [-0.3, -0.25) is 9.36 Å². The van der Waals surface area contributed by atoms with Crippen LogP contribution in [0.4, 0.5) is 0 Å². The molecule has 0 unspecified atom stereocenters. The van der Waals surface area contributed by atoms with Crippen LogP contribution in [0.2, 0.25) is 0 Å². The van der Waals surface area contributed by atoms with Gasteiger partial charge in [0, 0.05) is 13.6 Å². The van der Waals surface area contributed by atoms with E-state index < -0.39 is 0 Å². The van der Waals surface area contributed by atoms with Gasteiger partial charge >= 0.3 is 5.69 Å². The van der Waals surface area contributed by atoms with Crippen LogP contribution in [0.3, 0.4) is 0 Å². The van der Waals surface area contributed by atoms with Crippen molar-refractivity contribution in [2.24, 2.45) is 7.05 Å². The molecular formula is C14H14N4O2. The molecule has 3 aromatic rings. The van der Waals surface area contributed by atoms with E-state index in [2.05, 4.69) is 4.98 Å². The quantitative estimate of drug-likeness (QED) is 0.695. The third-order valence-electron chi connectivity index (χ3n) is 3.32. The molecule has 2 aromatic heterocycles. The van der Waals surface area contributed by atoms with Crippen molar-refractivity contribution >= 4 is 11.2 Å². The Balaban J connectivity index is 2.57. The van der Waals surface area contributed by atoms with Crippen molar-refractivity contribution in [3.63, 3.8) is 0 Å². The van der Waals surface area contributed by atoms with E-state index in [-0.39, 0.29) is 11.2 Å². The highest BCUT2D eigenvalue weighted by Gasteiger charge is 2.16. The number of imidazole rings is 1. The second-order valence-corrected chi connectivity index (χ2v) is 4.53. The average Bonchev–Trinajstić information content (AvgIpc) is 2.83. The number of aryl methyl sites for hydroxylation is 1. The molecule has 0 saturated carbocycles. The Labute approximate surface area is 114 Å². The molecule has 0 radical (unpaired) electrons. The third kappa shape index (κ3) is 1.61. The van der Waals surface area contributed by atoms with Crippen LogP contribution < -0.4 is 11.2 Å². The fraction of sp³-hybridized carbons (Fsp3) is 0.214. The van der Waals surface area contributed by atoms with E-state index >= 15 is 0 Å². The molecule has 20 heavy (non-hydrogen) atoms. The number of nitrogens with zero attached hydrogens (tertiary/aromatic N) is 4. The van der Waals surface area contributed by atoms with Gasteiger partial charge in [0.1, 0.15) is 0 Å². The van der Waals surface area contributed by atoms with Gasteiger partial charge in [-0.05, 0) is 19.1 Å². The number of rotatable bonds is 2. The highest BCUT2D eigenvalue weighted by Crippen LogP contribution is 2.12. The lowest BCUT2D eigenvalue weighted by Crippen LogP contribution is -2.39. The Bertz CT molecular complexity index is 887. The molecular weight excluding hydrogens is 256 g/mol. The molecule has 0 aliphatic carbocycles. The zero-order valence-electron chi connectivity index (χ0n) is 11.3. The van der Waals surface area contributed by atoms with Gasteiger partial charge in [0.25, 0.3) is 5.56 Å². The van der Waals surface area contributed by atoms with Gasteiger partial charge in [-0.2, -0.15) is 0 Å². The Morgan fingerprint density at radius 2 is 1.85 bits per heavy atom. The highest BCUT2D eigenvalue weighted by molar-refractivity contribution is 5.72. The molecule has 3 rings (SSSR count). The molecule has 2 heterocycles. The molecule has 102 valence electrons. The molecule has 0 fully saturated rings. The summed E-state index contributed by atoms with van der Waals surface area (Å²) in [6.45, 7) is 2.09. The Hall–Kier alpha value is -2.63. The minimum atomic E-state index is -0.347. The molecule has 0 aliphatic heterocycles. The van der Waals surface area contributed by atoms with Crippen LogP contribution >= 0.6 is 0 Å². The first-order valence-corrected chi connectivity index (χ1v) is 6.37. The minimum absolute atomic E-state index is 0.304. The standard InChI is InChI=1S/C14H14N4O2/c1-3-17-13(19)11-12(16(2)9-15-11)18(14(17)20)10-7-5-4-6-8-10/h4-9H,3H2,1-2H3. The van der Waals surface area contributed by atoms with Gasteiger partial charge in [-0.1, -0.05) is 18.2 Å². The highest BCUT2D eigenvalue weighted by atomic mass is 16.2. The minimum Gasteiger partial charge on any atom is -0.319 e. The molecule has 0 aliphatic rings. The van der Waals surface area contributed by atoms with E-state index in [1.165, 1.54) is 9.13 Å². The Morgan fingerprint density at radius 1 is 1.15 bits per heavy atom. The van der Waals surface area contributed by atoms with E-state index in [1.807, 2.05) is 30.3 Å². The topological polar surface area (TPSA) is 61.8 Å². The van der Waals surface area contributed by atoms with Crippen LogP contribution in [-0.4, -0.2) is 18.7 Å². The van der Waals surface area contributed by atoms with Crippen molar-refractivity contribution in [2.45, 2.75) is 13.5 Å². The predicted molar refractivity (Wildman–Crippen MR) is 76.2 cm³/mol. The summed E-state index contributed by atoms with van der Waals surface area (Å²) in [6, 6.07) is 9.25. The van der Waals surface area contributed by atoms with E-state index in [1.54, 1.807) is 24.9 Å². The van der Waals surface area contributed by atoms with Gasteiger partial charge in [0.05, 0.1) is 12.0 Å². The molecule has 0 atom stereocenters. The van der Waals surface area contributed by atoms with Crippen LogP contribution in [0.25, 0.3) is 16.9 Å². The zero-order chi connectivity index (χ0) is 14.3. The van der Waals surface area contributed by atoms with Crippen LogP contribution in [0.5, 0.6) is 0 Å². The second-order valence-electron chi connectivity index (χ2n) is 4.53. The molecule has 0 N–H and O–H groups in total. The van der Waals surface area contributed by atoms with E-state index in [4.69, 9.17) is 0 Å². The summed E-state index contributed by atoms with van der Waals surface area (Å²) in [5.74, 6) is 0. The first kappa shape index (κ1) is 12.4. The van der Waals surface area contributed by atoms with Crippen LogP contribution in [0.1, 0.15) is 6.92 Å². The monoisotopic (exact) mass is 270 g/mol. The van der Waals surface area contributed by atoms with Crippen molar-refractivity contribution in [1.29, 1.82) is 0 Å². The van der Waals surface area contributed by atoms with Crippen LogP contribution in [0.15, 0.2) is 46.2 Å². The number of benzene rings is 1. The molecule has 0 spiro atoms. The van der Waals surface area contributed by atoms with Crippen molar-refractivity contribution < 1.29 is 0 Å². The summed E-state index contributed by atoms with van der Waals surface area (Å²) < 4.78 is 4.40. The Morgan fingerprint density at radius 3 is 2.50 bits per heavy atom. The largest absolute Gasteiger partial charge is 0.337 e. The summed E-state index contributed by atoms with van der Waals surface area (Å²) >= 11 is 0. The van der Waals surface area contributed by atoms with E-state index in [0.29, 0.717) is 23.4 Å². The number of aromatic nitrogens is 4.